The summed E-state index contributed by atoms with van der Waals surface area (Å²) in [4.78, 5) is 12.5. The lowest BCUT2D eigenvalue weighted by molar-refractivity contribution is -0.150. The van der Waals surface area contributed by atoms with Gasteiger partial charge < -0.3 is 19.9 Å². The van der Waals surface area contributed by atoms with Crippen LogP contribution >= 0.6 is 11.3 Å². The minimum Gasteiger partial charge on any atom is -0.459 e. The first-order valence-electron chi connectivity index (χ1n) is 9.23. The van der Waals surface area contributed by atoms with E-state index in [1.165, 1.54) is 5.56 Å². The highest BCUT2D eigenvalue weighted by atomic mass is 32.1. The number of rotatable bonds is 7. The fraction of sp³-hybridized carbons (Fsp3) is 0.381. The molecule has 2 N–H and O–H groups in total. The number of allylic oxidation sites excluding steroid dienone is 1. The summed E-state index contributed by atoms with van der Waals surface area (Å²) in [7, 11) is 0. The smallest absolute Gasteiger partial charge is 0.286 e. The quantitative estimate of drug-likeness (QED) is 0.766. The SMILES string of the molecule is O=C(NC1CC1)C1=C[C@H](c2ccsc2)C[C@H](OCc2ccc(CO)cc2)O1. The number of carbonyl (C=O) groups is 1. The van der Waals surface area contributed by atoms with E-state index in [-0.39, 0.29) is 24.5 Å². The molecule has 5 nitrogen and oxygen atoms in total. The van der Waals surface area contributed by atoms with E-state index in [9.17, 15) is 4.79 Å². The molecule has 1 aromatic carbocycles. The van der Waals surface area contributed by atoms with Gasteiger partial charge in [-0.2, -0.15) is 11.3 Å². The number of carbonyl (C=O) groups excluding carboxylic acids is 1. The molecule has 27 heavy (non-hydrogen) atoms. The van der Waals surface area contributed by atoms with Crippen LogP contribution in [-0.2, 0) is 27.5 Å². The van der Waals surface area contributed by atoms with Crippen LogP contribution in [0.3, 0.4) is 0 Å². The fourth-order valence-electron chi connectivity index (χ4n) is 3.05. The first kappa shape index (κ1) is 18.2. The predicted octanol–water partition coefficient (Wildman–Crippen LogP) is 3.45. The van der Waals surface area contributed by atoms with Gasteiger partial charge in [0, 0.05) is 18.4 Å². The van der Waals surface area contributed by atoms with Crippen molar-refractivity contribution >= 4 is 17.2 Å². The van der Waals surface area contributed by atoms with Gasteiger partial charge in [-0.05, 0) is 52.4 Å². The lowest BCUT2D eigenvalue weighted by Gasteiger charge is -2.29. The molecular weight excluding hydrogens is 362 g/mol. The van der Waals surface area contributed by atoms with Crippen molar-refractivity contribution in [1.82, 2.24) is 5.32 Å². The zero-order valence-corrected chi connectivity index (χ0v) is 15.8. The highest BCUT2D eigenvalue weighted by molar-refractivity contribution is 7.08. The second kappa shape index (κ2) is 8.25. The van der Waals surface area contributed by atoms with Crippen LogP contribution in [0.1, 0.15) is 41.9 Å². The zero-order valence-electron chi connectivity index (χ0n) is 15.0. The van der Waals surface area contributed by atoms with Crippen LogP contribution < -0.4 is 5.32 Å². The third-order valence-electron chi connectivity index (χ3n) is 4.81. The maximum Gasteiger partial charge on any atom is 0.286 e. The van der Waals surface area contributed by atoms with Gasteiger partial charge in [-0.1, -0.05) is 24.3 Å². The van der Waals surface area contributed by atoms with Crippen molar-refractivity contribution in [1.29, 1.82) is 0 Å². The molecule has 0 spiro atoms. The van der Waals surface area contributed by atoms with Crippen molar-refractivity contribution in [3.63, 3.8) is 0 Å². The number of hydrogen-bond donors (Lipinski definition) is 2. The van der Waals surface area contributed by atoms with Crippen molar-refractivity contribution in [2.75, 3.05) is 0 Å². The van der Waals surface area contributed by atoms with E-state index in [2.05, 4.69) is 16.8 Å². The van der Waals surface area contributed by atoms with Gasteiger partial charge >= 0.3 is 0 Å². The molecule has 2 aliphatic rings. The molecule has 6 heteroatoms. The molecule has 0 bridgehead atoms. The van der Waals surface area contributed by atoms with Crippen molar-refractivity contribution in [2.45, 2.75) is 50.7 Å². The summed E-state index contributed by atoms with van der Waals surface area (Å²) in [5.74, 6) is 0.301. The van der Waals surface area contributed by atoms with Gasteiger partial charge in [0.1, 0.15) is 0 Å². The molecule has 4 rings (SSSR count). The lowest BCUT2D eigenvalue weighted by atomic mass is 9.95. The van der Waals surface area contributed by atoms with Crippen LogP contribution in [-0.4, -0.2) is 23.3 Å². The first-order chi connectivity index (χ1) is 13.2. The van der Waals surface area contributed by atoms with Crippen LogP contribution in [0.4, 0.5) is 0 Å². The van der Waals surface area contributed by atoms with Gasteiger partial charge in [0.15, 0.2) is 5.76 Å². The molecule has 1 aliphatic carbocycles. The molecule has 142 valence electrons. The zero-order chi connectivity index (χ0) is 18.6. The number of hydrogen-bond acceptors (Lipinski definition) is 5. The molecular formula is C21H23NO4S. The summed E-state index contributed by atoms with van der Waals surface area (Å²) in [6, 6.07) is 9.99. The molecule has 0 radical (unpaired) electrons. The van der Waals surface area contributed by atoms with E-state index < -0.39 is 6.29 Å². The molecule has 2 atom stereocenters. The van der Waals surface area contributed by atoms with Crippen molar-refractivity contribution < 1.29 is 19.4 Å². The predicted molar refractivity (Wildman–Crippen MR) is 103 cm³/mol. The minimum atomic E-state index is -0.475. The summed E-state index contributed by atoms with van der Waals surface area (Å²) < 4.78 is 11.8. The molecule has 2 aromatic rings. The minimum absolute atomic E-state index is 0.0272. The topological polar surface area (TPSA) is 67.8 Å². The normalized spacial score (nSPS) is 22.0. The van der Waals surface area contributed by atoms with E-state index in [1.807, 2.05) is 35.7 Å². The van der Waals surface area contributed by atoms with Crippen molar-refractivity contribution in [2.24, 2.45) is 0 Å². The second-order valence-electron chi connectivity index (χ2n) is 7.01. The van der Waals surface area contributed by atoms with Gasteiger partial charge in [0.05, 0.1) is 13.2 Å². The Bertz CT molecular complexity index is 796. The van der Waals surface area contributed by atoms with Crippen LogP contribution in [0.2, 0.25) is 0 Å². The molecule has 1 aromatic heterocycles. The van der Waals surface area contributed by atoms with E-state index in [0.29, 0.717) is 18.8 Å². The standard InChI is InChI=1S/C21H23NO4S/c23-11-14-1-3-15(4-2-14)12-25-20-10-17(16-7-8-27-13-16)9-19(26-20)21(24)22-18-5-6-18/h1-4,7-9,13,17-18,20,23H,5-6,10-12H2,(H,22,24)/t17-,20+/m0/s1. The van der Waals surface area contributed by atoms with Crippen LogP contribution in [0.15, 0.2) is 52.9 Å². The average Bonchev–Trinajstić information content (AvgIpc) is 3.34. The number of amides is 1. The van der Waals surface area contributed by atoms with Gasteiger partial charge in [0.25, 0.3) is 5.91 Å². The number of aliphatic hydroxyl groups excluding tert-OH is 1. The molecule has 0 saturated heterocycles. The highest BCUT2D eigenvalue weighted by Gasteiger charge is 2.31. The molecule has 0 unspecified atom stereocenters. The maximum absolute atomic E-state index is 12.5. The number of nitrogens with one attached hydrogen (secondary N) is 1. The maximum atomic E-state index is 12.5. The molecule has 1 aliphatic heterocycles. The highest BCUT2D eigenvalue weighted by Crippen LogP contribution is 2.33. The Balaban J connectivity index is 1.43. The Morgan fingerprint density at radius 3 is 2.67 bits per heavy atom. The second-order valence-corrected chi connectivity index (χ2v) is 7.79. The van der Waals surface area contributed by atoms with Gasteiger partial charge in [-0.15, -0.1) is 0 Å². The summed E-state index contributed by atoms with van der Waals surface area (Å²) in [5, 5.41) is 16.3. The number of thiophene rings is 1. The summed E-state index contributed by atoms with van der Waals surface area (Å²) in [5.41, 5.74) is 3.05. The largest absolute Gasteiger partial charge is 0.459 e. The van der Waals surface area contributed by atoms with Gasteiger partial charge in [0.2, 0.25) is 6.29 Å². The van der Waals surface area contributed by atoms with E-state index in [1.54, 1.807) is 11.3 Å². The van der Waals surface area contributed by atoms with E-state index in [4.69, 9.17) is 14.6 Å². The fourth-order valence-corrected chi connectivity index (χ4v) is 3.78. The number of aliphatic hydroxyl groups is 1. The molecule has 1 fully saturated rings. The number of benzene rings is 1. The third kappa shape index (κ3) is 4.77. The van der Waals surface area contributed by atoms with Crippen LogP contribution in [0.5, 0.6) is 0 Å². The van der Waals surface area contributed by atoms with E-state index in [0.717, 1.165) is 24.0 Å². The Morgan fingerprint density at radius 2 is 2.00 bits per heavy atom. The Labute approximate surface area is 162 Å². The summed E-state index contributed by atoms with van der Waals surface area (Å²) in [6.07, 6.45) is 4.19. The lowest BCUT2D eigenvalue weighted by Crippen LogP contribution is -2.33. The van der Waals surface area contributed by atoms with Crippen LogP contribution in [0.25, 0.3) is 0 Å². The monoisotopic (exact) mass is 385 g/mol. The summed E-state index contributed by atoms with van der Waals surface area (Å²) in [6.45, 7) is 0.420. The molecule has 1 saturated carbocycles. The van der Waals surface area contributed by atoms with Crippen molar-refractivity contribution in [3.8, 4) is 0 Å². The number of ether oxygens (including phenoxy) is 2. The Morgan fingerprint density at radius 1 is 1.22 bits per heavy atom. The Kier molecular flexibility index (Phi) is 5.57. The average molecular weight is 385 g/mol. The van der Waals surface area contributed by atoms with Crippen molar-refractivity contribution in [3.05, 3.63) is 69.6 Å². The molecule has 1 amide bonds. The summed E-state index contributed by atoms with van der Waals surface area (Å²) >= 11 is 1.65. The first-order valence-corrected chi connectivity index (χ1v) is 10.2. The molecule has 2 heterocycles. The van der Waals surface area contributed by atoms with Crippen LogP contribution in [0, 0.1) is 0 Å². The van der Waals surface area contributed by atoms with Gasteiger partial charge in [-0.3, -0.25) is 4.79 Å². The third-order valence-corrected chi connectivity index (χ3v) is 5.51. The Hall–Kier alpha value is -2.15. The van der Waals surface area contributed by atoms with Gasteiger partial charge in [-0.25, -0.2) is 0 Å². The van der Waals surface area contributed by atoms with E-state index >= 15 is 0 Å².